The molecule has 0 aromatic carbocycles. The van der Waals surface area contributed by atoms with Crippen molar-refractivity contribution < 1.29 is 26.4 Å². The summed E-state index contributed by atoms with van der Waals surface area (Å²) in [6.45, 7) is 1.34. The smallest absolute Gasteiger partial charge is 0.351 e. The van der Waals surface area contributed by atoms with Crippen LogP contribution in [0.4, 0.5) is 19.1 Å². The SMILES string of the molecule is CS(=O)(=O)N1CCC(Nc2ncc(C(F)(F)F)c(-c3cc4c(s3)C3(C5CC5)CCCN3C4=O)n2)CC1. The summed E-state index contributed by atoms with van der Waals surface area (Å²) in [6.07, 6.45) is 2.11. The van der Waals surface area contributed by atoms with Crippen molar-refractivity contribution in [2.45, 2.75) is 56.3 Å². The molecule has 1 saturated carbocycles. The van der Waals surface area contributed by atoms with E-state index in [-0.39, 0.29) is 29.1 Å². The Kier molecular flexibility index (Phi) is 5.44. The quantitative estimate of drug-likeness (QED) is 0.617. The second-order valence-electron chi connectivity index (χ2n) is 10.1. The molecule has 13 heteroatoms. The number of piperidine rings is 1. The van der Waals surface area contributed by atoms with Crippen molar-refractivity contribution in [1.29, 1.82) is 0 Å². The molecule has 1 unspecified atom stereocenters. The molecule has 36 heavy (non-hydrogen) atoms. The van der Waals surface area contributed by atoms with Crippen LogP contribution in [0, 0.1) is 5.92 Å². The number of aromatic nitrogens is 2. The van der Waals surface area contributed by atoms with Crippen LogP contribution in [0.3, 0.4) is 0 Å². The van der Waals surface area contributed by atoms with E-state index < -0.39 is 21.8 Å². The summed E-state index contributed by atoms with van der Waals surface area (Å²) in [6, 6.07) is 1.42. The first-order chi connectivity index (χ1) is 17.0. The molecule has 2 aromatic rings. The van der Waals surface area contributed by atoms with Crippen molar-refractivity contribution in [3.63, 3.8) is 0 Å². The highest BCUT2D eigenvalue weighted by atomic mass is 32.2. The second kappa shape index (κ2) is 8.12. The van der Waals surface area contributed by atoms with E-state index in [4.69, 9.17) is 0 Å². The van der Waals surface area contributed by atoms with Crippen LogP contribution < -0.4 is 5.32 Å². The zero-order valence-corrected chi connectivity index (χ0v) is 21.3. The summed E-state index contributed by atoms with van der Waals surface area (Å²) in [5.41, 5.74) is -1.02. The molecule has 0 radical (unpaired) electrons. The Morgan fingerprint density at radius 3 is 2.53 bits per heavy atom. The van der Waals surface area contributed by atoms with Crippen LogP contribution in [0.5, 0.6) is 0 Å². The van der Waals surface area contributed by atoms with Gasteiger partial charge in [0.1, 0.15) is 5.56 Å². The fourth-order valence-corrected chi connectivity index (χ4v) is 8.36. The van der Waals surface area contributed by atoms with E-state index in [1.54, 1.807) is 6.07 Å². The number of rotatable bonds is 5. The number of alkyl halides is 3. The Labute approximate surface area is 211 Å². The van der Waals surface area contributed by atoms with Gasteiger partial charge in [-0.15, -0.1) is 11.3 Å². The third-order valence-electron chi connectivity index (χ3n) is 7.86. The molecule has 0 spiro atoms. The minimum absolute atomic E-state index is 0.0649. The van der Waals surface area contributed by atoms with Crippen molar-refractivity contribution in [1.82, 2.24) is 19.2 Å². The van der Waals surface area contributed by atoms with Gasteiger partial charge in [-0.25, -0.2) is 22.7 Å². The Hall–Kier alpha value is -2.25. The molecule has 6 rings (SSSR count). The minimum atomic E-state index is -4.65. The number of halogens is 3. The van der Waals surface area contributed by atoms with Gasteiger partial charge in [0.05, 0.1) is 27.9 Å². The van der Waals surface area contributed by atoms with E-state index in [1.165, 1.54) is 15.6 Å². The van der Waals surface area contributed by atoms with Gasteiger partial charge in [0.2, 0.25) is 16.0 Å². The number of anilines is 1. The van der Waals surface area contributed by atoms with Crippen LogP contribution in [0.2, 0.25) is 0 Å². The van der Waals surface area contributed by atoms with Gasteiger partial charge < -0.3 is 10.2 Å². The molecule has 8 nitrogen and oxygen atoms in total. The molecule has 2 saturated heterocycles. The molecule has 4 aliphatic rings. The van der Waals surface area contributed by atoms with Gasteiger partial charge in [-0.2, -0.15) is 13.2 Å². The predicted octanol–water partition coefficient (Wildman–Crippen LogP) is 3.91. The maximum atomic E-state index is 14.0. The number of sulfonamides is 1. The van der Waals surface area contributed by atoms with E-state index >= 15 is 0 Å². The molecule has 1 atom stereocenters. The molecule has 2 aromatic heterocycles. The number of hydrogen-bond donors (Lipinski definition) is 1. The number of fused-ring (bicyclic) bond motifs is 3. The second-order valence-corrected chi connectivity index (χ2v) is 13.2. The summed E-state index contributed by atoms with van der Waals surface area (Å²) in [4.78, 5) is 24.6. The van der Waals surface area contributed by atoms with Crippen LogP contribution in [-0.4, -0.2) is 65.4 Å². The van der Waals surface area contributed by atoms with Crippen molar-refractivity contribution in [3.8, 4) is 10.6 Å². The van der Waals surface area contributed by atoms with Crippen molar-refractivity contribution in [3.05, 3.63) is 28.3 Å². The van der Waals surface area contributed by atoms with Gasteiger partial charge in [-0.1, -0.05) is 0 Å². The highest BCUT2D eigenvalue weighted by Gasteiger charge is 2.60. The van der Waals surface area contributed by atoms with E-state index in [0.717, 1.165) is 43.0 Å². The Morgan fingerprint density at radius 1 is 1.17 bits per heavy atom. The maximum absolute atomic E-state index is 14.0. The van der Waals surface area contributed by atoms with E-state index in [9.17, 15) is 26.4 Å². The normalized spacial score (nSPS) is 25.3. The van der Waals surface area contributed by atoms with Gasteiger partial charge >= 0.3 is 6.18 Å². The first-order valence-corrected chi connectivity index (χ1v) is 14.8. The number of nitrogens with one attached hydrogen (secondary N) is 1. The van der Waals surface area contributed by atoms with Gasteiger partial charge in [0, 0.05) is 36.8 Å². The van der Waals surface area contributed by atoms with Crippen LogP contribution in [0.15, 0.2) is 12.3 Å². The topological polar surface area (TPSA) is 95.5 Å². The number of hydrogen-bond acceptors (Lipinski definition) is 7. The fourth-order valence-electron chi connectivity index (χ4n) is 6.03. The molecular weight excluding hydrogens is 515 g/mol. The number of nitrogens with zero attached hydrogens (tertiary/aromatic N) is 4. The first kappa shape index (κ1) is 24.1. The summed E-state index contributed by atoms with van der Waals surface area (Å²) in [5.74, 6) is 0.352. The van der Waals surface area contributed by atoms with Crippen LogP contribution >= 0.6 is 11.3 Å². The van der Waals surface area contributed by atoms with E-state index in [0.29, 0.717) is 48.8 Å². The predicted molar refractivity (Wildman–Crippen MR) is 128 cm³/mol. The Morgan fingerprint density at radius 2 is 1.89 bits per heavy atom. The summed E-state index contributed by atoms with van der Waals surface area (Å²) >= 11 is 1.26. The number of thiophene rings is 1. The van der Waals surface area contributed by atoms with Crippen LogP contribution in [-0.2, 0) is 21.7 Å². The summed E-state index contributed by atoms with van der Waals surface area (Å²) < 4.78 is 66.8. The van der Waals surface area contributed by atoms with Crippen LogP contribution in [0.25, 0.3) is 10.6 Å². The lowest BCUT2D eigenvalue weighted by Gasteiger charge is -2.32. The third-order valence-corrected chi connectivity index (χ3v) is 10.5. The number of amides is 1. The zero-order valence-electron chi connectivity index (χ0n) is 19.6. The molecule has 3 aliphatic heterocycles. The van der Waals surface area contributed by atoms with Crippen molar-refractivity contribution >= 4 is 33.2 Å². The monoisotopic (exact) mass is 541 g/mol. The lowest BCUT2D eigenvalue weighted by Crippen LogP contribution is -2.42. The molecule has 1 aliphatic carbocycles. The number of carbonyl (C=O) groups excluding carboxylic acids is 1. The zero-order chi connectivity index (χ0) is 25.5. The molecule has 0 bridgehead atoms. The maximum Gasteiger partial charge on any atom is 0.420 e. The molecule has 3 fully saturated rings. The lowest BCUT2D eigenvalue weighted by atomic mass is 9.89. The molecule has 5 heterocycles. The highest BCUT2D eigenvalue weighted by Crippen LogP contribution is 2.61. The number of carbonyl (C=O) groups is 1. The Bertz CT molecular complexity index is 1330. The third kappa shape index (κ3) is 3.81. The Balaban J connectivity index is 1.33. The average Bonchev–Trinajstić information content (AvgIpc) is 3.34. The summed E-state index contributed by atoms with van der Waals surface area (Å²) in [5, 5.41) is 3.09. The summed E-state index contributed by atoms with van der Waals surface area (Å²) in [7, 11) is -3.28. The molecular formula is C23H26F3N5O3S2. The first-order valence-electron chi connectivity index (χ1n) is 12.1. The van der Waals surface area contributed by atoms with Gasteiger partial charge in [-0.3, -0.25) is 4.79 Å². The van der Waals surface area contributed by atoms with E-state index in [2.05, 4.69) is 15.3 Å². The van der Waals surface area contributed by atoms with Gasteiger partial charge in [0.25, 0.3) is 5.91 Å². The fraction of sp³-hybridized carbons (Fsp3) is 0.609. The van der Waals surface area contributed by atoms with Gasteiger partial charge in [0.15, 0.2) is 0 Å². The van der Waals surface area contributed by atoms with Crippen molar-refractivity contribution in [2.24, 2.45) is 5.92 Å². The highest BCUT2D eigenvalue weighted by molar-refractivity contribution is 7.88. The molecule has 1 amide bonds. The van der Waals surface area contributed by atoms with Crippen LogP contribution in [0.1, 0.15) is 59.3 Å². The molecule has 1 N–H and O–H groups in total. The van der Waals surface area contributed by atoms with Crippen molar-refractivity contribution in [2.75, 3.05) is 31.2 Å². The van der Waals surface area contributed by atoms with E-state index in [1.807, 2.05) is 4.90 Å². The largest absolute Gasteiger partial charge is 0.420 e. The standard InChI is InChI=1S/C23H26F3N5O3S2/c1-36(33,34)30-9-5-14(6-10-30)28-21-27-12-16(23(24,25)26)18(29-21)17-11-15-19(35-17)22(13-3-4-13)7-2-8-31(22)20(15)32/h11-14H,2-10H2,1H3,(H,27,28,29). The molecule has 194 valence electrons. The van der Waals surface area contributed by atoms with Gasteiger partial charge in [-0.05, 0) is 50.5 Å². The average molecular weight is 542 g/mol. The lowest BCUT2D eigenvalue weighted by molar-refractivity contribution is -0.137. The minimum Gasteiger partial charge on any atom is -0.351 e.